The lowest BCUT2D eigenvalue weighted by Gasteiger charge is -2.49. The van der Waals surface area contributed by atoms with E-state index in [0.717, 1.165) is 22.3 Å². The van der Waals surface area contributed by atoms with E-state index in [1.807, 2.05) is 121 Å². The molecular formula is C38H40O8. The fourth-order valence-electron chi connectivity index (χ4n) is 5.96. The molecule has 1 N–H and O–H groups in total. The Morgan fingerprint density at radius 2 is 1.04 bits per heavy atom. The van der Waals surface area contributed by atoms with Gasteiger partial charge in [-0.3, -0.25) is 4.79 Å². The molecule has 2 heterocycles. The minimum absolute atomic E-state index is 0.159. The average molecular weight is 625 g/mol. The second-order valence-corrected chi connectivity index (χ2v) is 11.8. The maximum Gasteiger partial charge on any atom is 0.309 e. The summed E-state index contributed by atoms with van der Waals surface area (Å²) in [6.45, 7) is 1.14. The Labute approximate surface area is 269 Å². The topological polar surface area (TPSA) is 92.7 Å². The zero-order valence-corrected chi connectivity index (χ0v) is 25.7. The van der Waals surface area contributed by atoms with Gasteiger partial charge in [0.15, 0.2) is 0 Å². The third-order valence-corrected chi connectivity index (χ3v) is 8.35. The second-order valence-electron chi connectivity index (χ2n) is 11.8. The summed E-state index contributed by atoms with van der Waals surface area (Å²) in [6, 6.07) is 39.4. The molecule has 0 amide bonds. The van der Waals surface area contributed by atoms with Crippen LogP contribution >= 0.6 is 0 Å². The first-order valence-corrected chi connectivity index (χ1v) is 15.7. The standard InChI is InChI=1S/C38H40O8/c39-33-21-38(40,27-45-33)37-36(44-25-31-19-11-4-12-20-31)35(43-24-30-17-9-3-10-18-30)34(42-23-29-15-7-2-8-16-29)32(46-37)26-41-22-28-13-5-1-6-14-28/h1-20,32,34-37,40H,21-27H2/t32-,34-,35+,36-,37-,38?/m1/s1. The molecule has 6 rings (SSSR count). The summed E-state index contributed by atoms with van der Waals surface area (Å²) in [5, 5.41) is 11.9. The lowest BCUT2D eigenvalue weighted by atomic mass is 9.83. The van der Waals surface area contributed by atoms with Gasteiger partial charge in [-0.15, -0.1) is 0 Å². The van der Waals surface area contributed by atoms with E-state index in [4.69, 9.17) is 28.4 Å². The molecule has 4 aromatic rings. The molecule has 0 aromatic heterocycles. The molecule has 2 saturated heterocycles. The van der Waals surface area contributed by atoms with Gasteiger partial charge in [0.05, 0.1) is 39.5 Å². The van der Waals surface area contributed by atoms with E-state index in [0.29, 0.717) is 13.2 Å². The number of esters is 1. The van der Waals surface area contributed by atoms with Crippen LogP contribution in [0.2, 0.25) is 0 Å². The highest BCUT2D eigenvalue weighted by molar-refractivity contribution is 5.73. The van der Waals surface area contributed by atoms with E-state index in [2.05, 4.69) is 0 Å². The van der Waals surface area contributed by atoms with Crippen molar-refractivity contribution in [1.29, 1.82) is 0 Å². The van der Waals surface area contributed by atoms with Crippen molar-refractivity contribution in [1.82, 2.24) is 0 Å². The highest BCUT2D eigenvalue weighted by Crippen LogP contribution is 2.38. The number of carbonyl (C=O) groups excluding carboxylic acids is 1. The van der Waals surface area contributed by atoms with E-state index >= 15 is 0 Å². The molecule has 0 spiro atoms. The number of carbonyl (C=O) groups is 1. The maximum atomic E-state index is 12.4. The molecule has 0 bridgehead atoms. The molecule has 0 radical (unpaired) electrons. The SMILES string of the molecule is O=C1CC(O)([C@@H]2O[C@H](COCc3ccccc3)[C@@H](OCc3ccccc3)[C@H](OCc3ccccc3)[C@H]2OCc2ccccc2)CO1. The van der Waals surface area contributed by atoms with Gasteiger partial charge in [0.25, 0.3) is 0 Å². The predicted molar refractivity (Wildman–Crippen MR) is 170 cm³/mol. The fourth-order valence-corrected chi connectivity index (χ4v) is 5.96. The van der Waals surface area contributed by atoms with Crippen molar-refractivity contribution in [2.75, 3.05) is 13.2 Å². The summed E-state index contributed by atoms with van der Waals surface area (Å²) in [4.78, 5) is 12.4. The Morgan fingerprint density at radius 1 is 0.609 bits per heavy atom. The molecule has 1 unspecified atom stereocenters. The van der Waals surface area contributed by atoms with Gasteiger partial charge in [-0.1, -0.05) is 121 Å². The molecule has 6 atom stereocenters. The van der Waals surface area contributed by atoms with Crippen LogP contribution < -0.4 is 0 Å². The van der Waals surface area contributed by atoms with Crippen LogP contribution in [0, 0.1) is 0 Å². The summed E-state index contributed by atoms with van der Waals surface area (Å²) in [6.07, 6.45) is -3.99. The summed E-state index contributed by atoms with van der Waals surface area (Å²) in [7, 11) is 0. The number of rotatable bonds is 14. The maximum absolute atomic E-state index is 12.4. The third-order valence-electron chi connectivity index (χ3n) is 8.35. The molecule has 2 aliphatic rings. The Balaban J connectivity index is 1.33. The van der Waals surface area contributed by atoms with Crippen LogP contribution in [0.1, 0.15) is 28.7 Å². The Hall–Kier alpha value is -3.89. The smallest absolute Gasteiger partial charge is 0.309 e. The fraction of sp³-hybridized carbons (Fsp3) is 0.342. The largest absolute Gasteiger partial charge is 0.462 e. The number of cyclic esters (lactones) is 1. The Morgan fingerprint density at radius 3 is 1.50 bits per heavy atom. The van der Waals surface area contributed by atoms with Crippen LogP contribution in [0.5, 0.6) is 0 Å². The minimum Gasteiger partial charge on any atom is -0.462 e. The van der Waals surface area contributed by atoms with E-state index in [1.165, 1.54) is 0 Å². The molecule has 2 aliphatic heterocycles. The van der Waals surface area contributed by atoms with Crippen LogP contribution in [0.25, 0.3) is 0 Å². The Bertz CT molecular complexity index is 1490. The number of ether oxygens (including phenoxy) is 6. The van der Waals surface area contributed by atoms with Crippen molar-refractivity contribution in [3.05, 3.63) is 144 Å². The van der Waals surface area contributed by atoms with Crippen molar-refractivity contribution in [3.8, 4) is 0 Å². The lowest BCUT2D eigenvalue weighted by molar-refractivity contribution is -0.301. The van der Waals surface area contributed by atoms with Gasteiger partial charge in [0, 0.05) is 0 Å². The molecule has 4 aromatic carbocycles. The van der Waals surface area contributed by atoms with Crippen molar-refractivity contribution < 1.29 is 38.3 Å². The Kier molecular flexibility index (Phi) is 10.9. The first-order chi connectivity index (χ1) is 22.6. The first-order valence-electron chi connectivity index (χ1n) is 15.7. The molecule has 46 heavy (non-hydrogen) atoms. The minimum atomic E-state index is -1.63. The average Bonchev–Trinajstić information content (AvgIpc) is 3.46. The molecule has 8 heteroatoms. The van der Waals surface area contributed by atoms with Crippen molar-refractivity contribution in [3.63, 3.8) is 0 Å². The summed E-state index contributed by atoms with van der Waals surface area (Å²) in [5.41, 5.74) is 2.30. The van der Waals surface area contributed by atoms with Crippen molar-refractivity contribution in [2.24, 2.45) is 0 Å². The predicted octanol–water partition coefficient (Wildman–Crippen LogP) is 5.40. The van der Waals surface area contributed by atoms with Crippen molar-refractivity contribution in [2.45, 2.75) is 69.0 Å². The molecule has 8 nitrogen and oxygen atoms in total. The highest BCUT2D eigenvalue weighted by Gasteiger charge is 2.58. The molecular weight excluding hydrogens is 584 g/mol. The van der Waals surface area contributed by atoms with Crippen LogP contribution in [-0.2, 0) is 59.6 Å². The van der Waals surface area contributed by atoms with Gasteiger partial charge in [0.2, 0.25) is 0 Å². The van der Waals surface area contributed by atoms with Gasteiger partial charge in [0.1, 0.15) is 42.7 Å². The molecule has 2 fully saturated rings. The van der Waals surface area contributed by atoms with Crippen LogP contribution in [0.4, 0.5) is 0 Å². The molecule has 0 saturated carbocycles. The summed E-state index contributed by atoms with van der Waals surface area (Å²) < 4.78 is 38.1. The van der Waals surface area contributed by atoms with Crippen LogP contribution in [-0.4, -0.2) is 60.4 Å². The van der Waals surface area contributed by atoms with Gasteiger partial charge < -0.3 is 33.5 Å². The first kappa shape index (κ1) is 32.1. The number of aliphatic hydroxyl groups is 1. The third kappa shape index (κ3) is 8.27. The highest BCUT2D eigenvalue weighted by atomic mass is 16.6. The zero-order chi connectivity index (χ0) is 31.6. The number of benzene rings is 4. The second kappa shape index (κ2) is 15.6. The van der Waals surface area contributed by atoms with Crippen molar-refractivity contribution >= 4 is 5.97 Å². The number of hydrogen-bond donors (Lipinski definition) is 1. The molecule has 0 aliphatic carbocycles. The van der Waals surface area contributed by atoms with E-state index in [1.54, 1.807) is 0 Å². The van der Waals surface area contributed by atoms with Crippen LogP contribution in [0.3, 0.4) is 0 Å². The van der Waals surface area contributed by atoms with Crippen LogP contribution in [0.15, 0.2) is 121 Å². The zero-order valence-electron chi connectivity index (χ0n) is 25.7. The van der Waals surface area contributed by atoms with Gasteiger partial charge in [-0.25, -0.2) is 0 Å². The van der Waals surface area contributed by atoms with Gasteiger partial charge in [-0.2, -0.15) is 0 Å². The number of hydrogen-bond acceptors (Lipinski definition) is 8. The van der Waals surface area contributed by atoms with E-state index in [-0.39, 0.29) is 32.8 Å². The van der Waals surface area contributed by atoms with E-state index in [9.17, 15) is 9.90 Å². The molecule has 240 valence electrons. The quantitative estimate of drug-likeness (QED) is 0.187. The monoisotopic (exact) mass is 624 g/mol. The summed E-state index contributed by atoms with van der Waals surface area (Å²) >= 11 is 0. The van der Waals surface area contributed by atoms with Gasteiger partial charge >= 0.3 is 5.97 Å². The van der Waals surface area contributed by atoms with E-state index < -0.39 is 42.1 Å². The lowest BCUT2D eigenvalue weighted by Crippen LogP contribution is -2.67. The summed E-state index contributed by atoms with van der Waals surface area (Å²) in [5.74, 6) is -0.492. The van der Waals surface area contributed by atoms with Gasteiger partial charge in [-0.05, 0) is 22.3 Å². The normalized spacial score (nSPS) is 26.1.